The zero-order valence-electron chi connectivity index (χ0n) is 32.7. The molecule has 11 rings (SSSR count). The van der Waals surface area contributed by atoms with Crippen LogP contribution in [0.3, 0.4) is 0 Å². The Balaban J connectivity index is 1.24. The third-order valence-corrected chi connectivity index (χ3v) is 25.5. The zero-order valence-corrected chi connectivity index (χ0v) is 36.8. The van der Waals surface area contributed by atoms with Gasteiger partial charge in [-0.1, -0.05) is 69.7 Å². The Kier molecular flexibility index (Phi) is 9.34. The Morgan fingerprint density at radius 3 is 1.34 bits per heavy atom. The van der Waals surface area contributed by atoms with Gasteiger partial charge in [0.1, 0.15) is 0 Å². The van der Waals surface area contributed by atoms with Gasteiger partial charge in [-0.3, -0.25) is 0 Å². The van der Waals surface area contributed by atoms with Gasteiger partial charge in [-0.2, -0.15) is 0 Å². The van der Waals surface area contributed by atoms with Crippen molar-refractivity contribution in [1.29, 1.82) is 0 Å². The van der Waals surface area contributed by atoms with Crippen LogP contribution in [0.1, 0.15) is 88.2 Å². The standard InChI is InChI=1S/C42H72N4P2Si2/c1-49(2,3)36-17-34(35(18-37(36)50(4,5)6)42(47,38-25-43-7-9-45-38)39-26-44-8-10-46-39)27-48(40-19-28-11-29(20-40)13-30(12-28)21-40)41-22-31-14-32(23-41)16-33(15-31)24-41/h17-18,28-33,38-39,43-46H,7-16,19-27,47H2,1-6H3. The van der Waals surface area contributed by atoms with Crippen molar-refractivity contribution in [2.24, 2.45) is 35.5 Å². The second-order valence-electron chi connectivity index (χ2n) is 21.8. The third-order valence-electron chi connectivity index (χ3n) is 16.0. The van der Waals surface area contributed by atoms with E-state index in [-0.39, 0.29) is 13.1 Å². The van der Waals surface area contributed by atoms with Crippen molar-refractivity contribution >= 4 is 43.7 Å². The third kappa shape index (κ3) is 6.19. The predicted octanol–water partition coefficient (Wildman–Crippen LogP) is 6.89. The van der Waals surface area contributed by atoms with Crippen LogP contribution in [0.2, 0.25) is 39.3 Å². The molecule has 0 spiro atoms. The molecule has 8 aliphatic carbocycles. The molecule has 2 saturated heterocycles. The fourth-order valence-electron chi connectivity index (χ4n) is 14.8. The van der Waals surface area contributed by atoms with Crippen molar-refractivity contribution in [3.63, 3.8) is 0 Å². The van der Waals surface area contributed by atoms with Gasteiger partial charge in [0.05, 0.1) is 16.1 Å². The van der Waals surface area contributed by atoms with Gasteiger partial charge in [0.15, 0.2) is 0 Å². The molecule has 50 heavy (non-hydrogen) atoms. The average molecular weight is 751 g/mol. The van der Waals surface area contributed by atoms with Gasteiger partial charge in [-0.25, -0.2) is 0 Å². The molecule has 10 fully saturated rings. The molecule has 3 unspecified atom stereocenters. The smallest absolute Gasteiger partial charge is 0.0774 e. The van der Waals surface area contributed by atoms with Crippen LogP contribution in [0, 0.1) is 35.5 Å². The molecule has 4 nitrogen and oxygen atoms in total. The Bertz CT molecular complexity index is 1310. The second kappa shape index (κ2) is 13.0. The van der Waals surface area contributed by atoms with Gasteiger partial charge >= 0.3 is 0 Å². The van der Waals surface area contributed by atoms with E-state index in [9.17, 15) is 0 Å². The largest absolute Gasteiger partial charge is 0.314 e. The molecule has 2 heterocycles. The first-order chi connectivity index (χ1) is 23.7. The van der Waals surface area contributed by atoms with Crippen LogP contribution in [0.5, 0.6) is 0 Å². The highest BCUT2D eigenvalue weighted by Crippen LogP contribution is 2.79. The Morgan fingerprint density at radius 2 is 1.00 bits per heavy atom. The highest BCUT2D eigenvalue weighted by Gasteiger charge is 2.63. The number of hydrogen-bond donors (Lipinski definition) is 4. The van der Waals surface area contributed by atoms with Crippen molar-refractivity contribution < 1.29 is 0 Å². The van der Waals surface area contributed by atoms with E-state index in [1.165, 1.54) is 6.16 Å². The molecule has 0 aromatic heterocycles. The summed E-state index contributed by atoms with van der Waals surface area (Å²) in [7, 11) is 0.302. The van der Waals surface area contributed by atoms with E-state index in [0.717, 1.165) is 74.8 Å². The highest BCUT2D eigenvalue weighted by atomic mass is 31.1. The summed E-state index contributed by atoms with van der Waals surface area (Å²) in [6.45, 7) is 22.3. The van der Waals surface area contributed by atoms with Gasteiger partial charge in [0.2, 0.25) is 0 Å². The molecule has 2 aliphatic heterocycles. The fraction of sp³-hybridized carbons (Fsp3) is 0.857. The topological polar surface area (TPSA) is 48.1 Å². The molecule has 0 amide bonds. The minimum Gasteiger partial charge on any atom is -0.314 e. The van der Waals surface area contributed by atoms with Crippen LogP contribution in [0.15, 0.2) is 12.1 Å². The summed E-state index contributed by atoms with van der Waals surface area (Å²) in [5.41, 5.74) is 3.54. The van der Waals surface area contributed by atoms with Gasteiger partial charge in [0, 0.05) is 56.5 Å². The monoisotopic (exact) mass is 750 g/mol. The van der Waals surface area contributed by atoms with Gasteiger partial charge in [-0.05, 0) is 140 Å². The minimum absolute atomic E-state index is 0.0630. The molecule has 8 bridgehead atoms. The van der Waals surface area contributed by atoms with E-state index in [0.29, 0.717) is 22.4 Å². The van der Waals surface area contributed by atoms with E-state index >= 15 is 0 Å². The minimum atomic E-state index is -1.62. The number of hydrogen-bond acceptors (Lipinski definition) is 4. The molecule has 4 N–H and O–H groups in total. The average Bonchev–Trinajstić information content (AvgIpc) is 3.05. The Morgan fingerprint density at radius 1 is 0.620 bits per heavy atom. The van der Waals surface area contributed by atoms with Crippen LogP contribution < -0.4 is 31.6 Å². The lowest BCUT2D eigenvalue weighted by Gasteiger charge is -2.67. The van der Waals surface area contributed by atoms with Crippen molar-refractivity contribution in [3.05, 3.63) is 23.3 Å². The van der Waals surface area contributed by atoms with E-state index in [2.05, 4.69) is 81.9 Å². The van der Waals surface area contributed by atoms with Gasteiger partial charge < -0.3 is 21.3 Å². The molecule has 1 aromatic rings. The summed E-state index contributed by atoms with van der Waals surface area (Å²) in [6, 6.07) is 6.66. The first kappa shape index (κ1) is 36.0. The van der Waals surface area contributed by atoms with Crippen molar-refractivity contribution in [1.82, 2.24) is 21.3 Å². The highest BCUT2D eigenvalue weighted by molar-refractivity contribution is 7.60. The van der Waals surface area contributed by atoms with Crippen LogP contribution >= 0.6 is 17.2 Å². The first-order valence-corrected chi connectivity index (χ1v) is 30.5. The van der Waals surface area contributed by atoms with E-state index < -0.39 is 16.1 Å². The first-order valence-electron chi connectivity index (χ1n) is 21.4. The fourth-order valence-corrected chi connectivity index (χ4v) is 25.9. The van der Waals surface area contributed by atoms with Crippen molar-refractivity contribution in [2.75, 3.05) is 39.3 Å². The zero-order chi connectivity index (χ0) is 34.7. The summed E-state index contributed by atoms with van der Waals surface area (Å²) < 4.78 is 0. The molecule has 8 heteroatoms. The number of rotatable bonds is 9. The normalized spacial score (nSPS) is 42.9. The molecule has 10 aliphatic rings. The molecule has 0 radical (unpaired) electrons. The maximum atomic E-state index is 4.13. The molecular formula is C42H72N4P2Si2. The SMILES string of the molecule is C[Si](C)(C)c1cc(CP(C23CC4CC(CC(C4)C2)C3)C23CC4CC(CC(C4)C2)C3)c(C(P)(C2CNCCN2)C2CNCCN2)cc1[Si](C)(C)C. The molecule has 3 atom stereocenters. The number of piperazine rings is 2. The van der Waals surface area contributed by atoms with Crippen LogP contribution in [-0.4, -0.2) is 77.8 Å². The number of benzene rings is 1. The van der Waals surface area contributed by atoms with Crippen molar-refractivity contribution in [3.8, 4) is 0 Å². The van der Waals surface area contributed by atoms with Crippen molar-refractivity contribution in [2.45, 2.75) is 150 Å². The van der Waals surface area contributed by atoms with Gasteiger partial charge in [-0.15, -0.1) is 9.24 Å². The van der Waals surface area contributed by atoms with Crippen LogP contribution in [0.25, 0.3) is 0 Å². The van der Waals surface area contributed by atoms with E-state index in [1.807, 2.05) is 10.8 Å². The quantitative estimate of drug-likeness (QED) is 0.164. The maximum absolute atomic E-state index is 4.13. The summed E-state index contributed by atoms with van der Waals surface area (Å²) in [6.07, 6.45) is 20.5. The lowest BCUT2D eigenvalue weighted by Crippen LogP contribution is -2.67. The Labute approximate surface area is 311 Å². The summed E-state index contributed by atoms with van der Waals surface area (Å²) in [4.78, 5) is 0. The van der Waals surface area contributed by atoms with Crippen LogP contribution in [0.4, 0.5) is 0 Å². The lowest BCUT2D eigenvalue weighted by molar-refractivity contribution is 0.0184. The number of nitrogens with one attached hydrogen (secondary N) is 4. The van der Waals surface area contributed by atoms with E-state index in [1.54, 1.807) is 87.8 Å². The second-order valence-corrected chi connectivity index (χ2v) is 35.9. The molecule has 1 aromatic carbocycles. The van der Waals surface area contributed by atoms with Gasteiger partial charge in [0.25, 0.3) is 0 Å². The molecule has 278 valence electrons. The Hall–Kier alpha value is 0.354. The molecule has 8 saturated carbocycles. The summed E-state index contributed by atoms with van der Waals surface area (Å²) in [5, 5.41) is 20.8. The summed E-state index contributed by atoms with van der Waals surface area (Å²) in [5.74, 6) is 6.26. The maximum Gasteiger partial charge on any atom is 0.0774 e. The lowest BCUT2D eigenvalue weighted by atomic mass is 9.55. The molecular weight excluding hydrogens is 679 g/mol. The van der Waals surface area contributed by atoms with Crippen LogP contribution in [-0.2, 0) is 11.3 Å². The van der Waals surface area contributed by atoms with E-state index in [4.69, 9.17) is 0 Å². The summed E-state index contributed by atoms with van der Waals surface area (Å²) >= 11 is 0. The predicted molar refractivity (Wildman–Crippen MR) is 226 cm³/mol.